The van der Waals surface area contributed by atoms with Crippen LogP contribution in [0.4, 0.5) is 4.39 Å². The van der Waals surface area contributed by atoms with Crippen molar-refractivity contribution in [2.24, 2.45) is 0 Å². The second kappa shape index (κ2) is 9.43. The standard InChI is InChI=1S/C26H32FN3O2/c1-30(2)26(19-7-5-4-6-8-19)13-11-21(12-14-26)29-24(25(31)32-3)15-18-17-28-23-10-9-20(27)16-22(18)23/h4-10,16-17,21,24,28-29H,11-15H2,1-3H3. The van der Waals surface area contributed by atoms with Crippen molar-refractivity contribution in [1.82, 2.24) is 15.2 Å². The van der Waals surface area contributed by atoms with Gasteiger partial charge in [-0.25, -0.2) is 4.39 Å². The van der Waals surface area contributed by atoms with E-state index in [1.807, 2.05) is 6.20 Å². The van der Waals surface area contributed by atoms with Crippen molar-refractivity contribution in [2.75, 3.05) is 21.2 Å². The molecule has 4 rings (SSSR count). The molecule has 1 aromatic heterocycles. The number of esters is 1. The molecule has 2 N–H and O–H groups in total. The van der Waals surface area contributed by atoms with Crippen molar-refractivity contribution < 1.29 is 13.9 Å². The topological polar surface area (TPSA) is 57.4 Å². The van der Waals surface area contributed by atoms with E-state index in [0.717, 1.165) is 42.1 Å². The van der Waals surface area contributed by atoms with Gasteiger partial charge in [0, 0.05) is 35.1 Å². The van der Waals surface area contributed by atoms with Gasteiger partial charge in [-0.1, -0.05) is 30.3 Å². The Kier molecular flexibility index (Phi) is 6.63. The van der Waals surface area contributed by atoms with Crippen LogP contribution in [0.3, 0.4) is 0 Å². The van der Waals surface area contributed by atoms with Gasteiger partial charge in [-0.3, -0.25) is 9.69 Å². The SMILES string of the molecule is COC(=O)C(Cc1c[nH]c2ccc(F)cc12)NC1CCC(c2ccccc2)(N(C)C)CC1. The van der Waals surface area contributed by atoms with Crippen LogP contribution in [-0.2, 0) is 21.5 Å². The molecular formula is C26H32FN3O2. The number of H-pyrrole nitrogens is 1. The van der Waals surface area contributed by atoms with Crippen molar-refractivity contribution in [1.29, 1.82) is 0 Å². The first-order valence-electron chi connectivity index (χ1n) is 11.3. The molecule has 2 aromatic carbocycles. The summed E-state index contributed by atoms with van der Waals surface area (Å²) < 4.78 is 18.9. The molecule has 0 bridgehead atoms. The summed E-state index contributed by atoms with van der Waals surface area (Å²) in [6.45, 7) is 0. The van der Waals surface area contributed by atoms with Gasteiger partial charge < -0.3 is 15.0 Å². The highest BCUT2D eigenvalue weighted by molar-refractivity contribution is 5.84. The fourth-order valence-electron chi connectivity index (χ4n) is 5.18. The van der Waals surface area contributed by atoms with Gasteiger partial charge >= 0.3 is 5.97 Å². The number of hydrogen-bond donors (Lipinski definition) is 2. The van der Waals surface area contributed by atoms with Crippen LogP contribution in [0, 0.1) is 5.82 Å². The number of nitrogens with zero attached hydrogens (tertiary/aromatic N) is 1. The predicted octanol–water partition coefficient (Wildman–Crippen LogP) is 4.38. The first-order chi connectivity index (χ1) is 15.4. The van der Waals surface area contributed by atoms with Crippen LogP contribution >= 0.6 is 0 Å². The van der Waals surface area contributed by atoms with E-state index >= 15 is 0 Å². The Labute approximate surface area is 189 Å². The number of aromatic amines is 1. The van der Waals surface area contributed by atoms with Crippen molar-refractivity contribution in [3.05, 3.63) is 71.7 Å². The smallest absolute Gasteiger partial charge is 0.323 e. The number of benzene rings is 2. The molecule has 1 saturated carbocycles. The maximum Gasteiger partial charge on any atom is 0.323 e. The molecule has 1 aliphatic rings. The summed E-state index contributed by atoms with van der Waals surface area (Å²) in [7, 11) is 5.71. The largest absolute Gasteiger partial charge is 0.468 e. The normalized spacial score (nSPS) is 22.2. The minimum atomic E-state index is -0.476. The predicted molar refractivity (Wildman–Crippen MR) is 125 cm³/mol. The van der Waals surface area contributed by atoms with Crippen LogP contribution in [0.25, 0.3) is 10.9 Å². The molecule has 3 aromatic rings. The van der Waals surface area contributed by atoms with Gasteiger partial charge in [-0.05, 0) is 69.1 Å². The van der Waals surface area contributed by atoms with Gasteiger partial charge in [0.05, 0.1) is 7.11 Å². The van der Waals surface area contributed by atoms with Crippen molar-refractivity contribution in [2.45, 2.75) is 49.7 Å². The molecule has 0 aliphatic heterocycles. The minimum absolute atomic E-state index is 0.00850. The highest BCUT2D eigenvalue weighted by Crippen LogP contribution is 2.41. The molecule has 0 radical (unpaired) electrons. The molecule has 1 unspecified atom stereocenters. The first kappa shape index (κ1) is 22.5. The van der Waals surface area contributed by atoms with Gasteiger partial charge in [0.1, 0.15) is 11.9 Å². The zero-order valence-electron chi connectivity index (χ0n) is 19.0. The lowest BCUT2D eigenvalue weighted by molar-refractivity contribution is -0.143. The Morgan fingerprint density at radius 1 is 1.22 bits per heavy atom. The maximum absolute atomic E-state index is 13.8. The van der Waals surface area contributed by atoms with Gasteiger partial charge in [0.2, 0.25) is 0 Å². The van der Waals surface area contributed by atoms with Crippen LogP contribution in [0.5, 0.6) is 0 Å². The minimum Gasteiger partial charge on any atom is -0.468 e. The monoisotopic (exact) mass is 437 g/mol. The van der Waals surface area contributed by atoms with E-state index < -0.39 is 6.04 Å². The molecular weight excluding hydrogens is 405 g/mol. The molecule has 1 atom stereocenters. The lowest BCUT2D eigenvalue weighted by atomic mass is 9.74. The maximum atomic E-state index is 13.8. The number of carbonyl (C=O) groups excluding carboxylic acids is 1. The Balaban J connectivity index is 1.48. The molecule has 1 fully saturated rings. The van der Waals surface area contributed by atoms with Crippen LogP contribution in [0.2, 0.25) is 0 Å². The van der Waals surface area contributed by atoms with E-state index in [2.05, 4.69) is 59.6 Å². The molecule has 0 spiro atoms. The third-order valence-electron chi connectivity index (χ3n) is 7.06. The number of methoxy groups -OCH3 is 1. The van der Waals surface area contributed by atoms with E-state index in [1.54, 1.807) is 6.07 Å². The molecule has 6 heteroatoms. The number of halogens is 1. The number of nitrogens with one attached hydrogen (secondary N) is 2. The van der Waals surface area contributed by atoms with Gasteiger partial charge in [-0.2, -0.15) is 0 Å². The first-order valence-corrected chi connectivity index (χ1v) is 11.3. The summed E-state index contributed by atoms with van der Waals surface area (Å²) in [5, 5.41) is 4.36. The molecule has 5 nitrogen and oxygen atoms in total. The zero-order chi connectivity index (χ0) is 22.7. The molecule has 1 heterocycles. The Morgan fingerprint density at radius 3 is 2.59 bits per heavy atom. The van der Waals surface area contributed by atoms with Crippen molar-refractivity contribution >= 4 is 16.9 Å². The van der Waals surface area contributed by atoms with Gasteiger partial charge in [0.15, 0.2) is 0 Å². The summed E-state index contributed by atoms with van der Waals surface area (Å²) in [6, 6.07) is 15.1. The van der Waals surface area contributed by atoms with E-state index in [4.69, 9.17) is 4.74 Å². The summed E-state index contributed by atoms with van der Waals surface area (Å²) in [4.78, 5) is 18.1. The number of fused-ring (bicyclic) bond motifs is 1. The summed E-state index contributed by atoms with van der Waals surface area (Å²) in [6.07, 6.45) is 6.24. The van der Waals surface area contributed by atoms with Gasteiger partial charge in [-0.15, -0.1) is 0 Å². The van der Waals surface area contributed by atoms with Crippen LogP contribution in [-0.4, -0.2) is 49.1 Å². The van der Waals surface area contributed by atoms with E-state index in [0.29, 0.717) is 6.42 Å². The van der Waals surface area contributed by atoms with Crippen molar-refractivity contribution in [3.8, 4) is 0 Å². The number of hydrogen-bond acceptors (Lipinski definition) is 4. The van der Waals surface area contributed by atoms with Gasteiger partial charge in [0.25, 0.3) is 0 Å². The quantitative estimate of drug-likeness (QED) is 0.539. The second-order valence-corrected chi connectivity index (χ2v) is 9.02. The average molecular weight is 438 g/mol. The summed E-state index contributed by atoms with van der Waals surface area (Å²) in [5.41, 5.74) is 3.12. The Morgan fingerprint density at radius 2 is 1.94 bits per heavy atom. The fraction of sp³-hybridized carbons (Fsp3) is 0.423. The number of ether oxygens (including phenoxy) is 1. The summed E-state index contributed by atoms with van der Waals surface area (Å²) >= 11 is 0. The zero-order valence-corrected chi connectivity index (χ0v) is 19.0. The molecule has 0 amide bonds. The third kappa shape index (κ3) is 4.43. The number of rotatable bonds is 7. The number of carbonyl (C=O) groups is 1. The van der Waals surface area contributed by atoms with Crippen molar-refractivity contribution in [3.63, 3.8) is 0 Å². The van der Waals surface area contributed by atoms with Crippen LogP contribution in [0.15, 0.2) is 54.7 Å². The third-order valence-corrected chi connectivity index (χ3v) is 7.06. The Bertz CT molecular complexity index is 1060. The molecule has 0 saturated heterocycles. The summed E-state index contributed by atoms with van der Waals surface area (Å²) in [5.74, 6) is -0.572. The lowest BCUT2D eigenvalue weighted by Gasteiger charge is -2.46. The second-order valence-electron chi connectivity index (χ2n) is 9.02. The highest BCUT2D eigenvalue weighted by atomic mass is 19.1. The van der Waals surface area contributed by atoms with E-state index in [9.17, 15) is 9.18 Å². The Hall–Kier alpha value is -2.70. The van der Waals surface area contributed by atoms with E-state index in [1.165, 1.54) is 24.8 Å². The van der Waals surface area contributed by atoms with Crippen LogP contribution in [0.1, 0.15) is 36.8 Å². The molecule has 32 heavy (non-hydrogen) atoms. The highest BCUT2D eigenvalue weighted by Gasteiger charge is 2.39. The average Bonchev–Trinajstić information content (AvgIpc) is 3.20. The van der Waals surface area contributed by atoms with Crippen LogP contribution < -0.4 is 5.32 Å². The lowest BCUT2D eigenvalue weighted by Crippen LogP contribution is -2.51. The van der Waals surface area contributed by atoms with E-state index in [-0.39, 0.29) is 23.4 Å². The molecule has 170 valence electrons. The molecule has 1 aliphatic carbocycles. The fourth-order valence-corrected chi connectivity index (χ4v) is 5.18. The number of aromatic nitrogens is 1.